The molecule has 1 heterocycles. The number of aromatic nitrogens is 1. The third kappa shape index (κ3) is 4.60. The highest BCUT2D eigenvalue weighted by molar-refractivity contribution is 6.01. The second kappa shape index (κ2) is 8.72. The fourth-order valence-corrected chi connectivity index (χ4v) is 2.93. The molecule has 29 heavy (non-hydrogen) atoms. The van der Waals surface area contributed by atoms with Crippen molar-refractivity contribution in [3.05, 3.63) is 95.3 Å². The molecule has 0 radical (unpaired) electrons. The van der Waals surface area contributed by atoms with Crippen LogP contribution in [0, 0.1) is 11.3 Å². The zero-order chi connectivity index (χ0) is 20.8. The number of carbonyl (C=O) groups is 2. The predicted octanol–water partition coefficient (Wildman–Crippen LogP) is 3.96. The van der Waals surface area contributed by atoms with Crippen LogP contribution in [0.5, 0.6) is 0 Å². The van der Waals surface area contributed by atoms with Crippen LogP contribution in [0.4, 0.5) is 0 Å². The summed E-state index contributed by atoms with van der Waals surface area (Å²) in [6.07, 6.45) is 3.23. The molecule has 0 saturated carbocycles. The van der Waals surface area contributed by atoms with Crippen LogP contribution in [0.3, 0.4) is 0 Å². The van der Waals surface area contributed by atoms with Gasteiger partial charge in [0.2, 0.25) is 0 Å². The highest BCUT2D eigenvalue weighted by atomic mass is 16.4. The van der Waals surface area contributed by atoms with Crippen molar-refractivity contribution in [3.8, 4) is 11.8 Å². The molecule has 1 amide bonds. The third-order valence-corrected chi connectivity index (χ3v) is 4.46. The molecule has 6 nitrogen and oxygen atoms in total. The van der Waals surface area contributed by atoms with Gasteiger partial charge in [-0.1, -0.05) is 36.4 Å². The van der Waals surface area contributed by atoms with E-state index in [0.717, 1.165) is 5.56 Å². The highest BCUT2D eigenvalue weighted by Crippen LogP contribution is 2.18. The SMILES string of the molecule is C[C@@H](NC(=O)/C(C#N)=C\c1cccn1-c1cccc(C(=O)O)c1)c1ccccc1. The number of nitrogens with one attached hydrogen (secondary N) is 1. The molecule has 144 valence electrons. The van der Waals surface area contributed by atoms with Crippen LogP contribution >= 0.6 is 0 Å². The molecule has 0 spiro atoms. The fraction of sp³-hybridized carbons (Fsp3) is 0.0870. The van der Waals surface area contributed by atoms with Crippen LogP contribution in [-0.4, -0.2) is 21.6 Å². The summed E-state index contributed by atoms with van der Waals surface area (Å²) in [6.45, 7) is 1.85. The molecule has 0 aliphatic rings. The molecule has 6 heteroatoms. The summed E-state index contributed by atoms with van der Waals surface area (Å²) in [5.41, 5.74) is 2.26. The molecule has 0 unspecified atom stereocenters. The van der Waals surface area contributed by atoms with Gasteiger partial charge in [-0.25, -0.2) is 4.79 Å². The molecule has 1 aromatic heterocycles. The van der Waals surface area contributed by atoms with Gasteiger partial charge in [0.15, 0.2) is 0 Å². The number of carboxylic acid groups (broad SMARTS) is 1. The molecule has 0 saturated heterocycles. The molecule has 3 aromatic rings. The maximum Gasteiger partial charge on any atom is 0.335 e. The van der Waals surface area contributed by atoms with E-state index in [1.54, 1.807) is 35.0 Å². The van der Waals surface area contributed by atoms with Crippen molar-refractivity contribution in [1.29, 1.82) is 5.26 Å². The van der Waals surface area contributed by atoms with Gasteiger partial charge < -0.3 is 15.0 Å². The van der Waals surface area contributed by atoms with Crippen LogP contribution in [0.2, 0.25) is 0 Å². The zero-order valence-electron chi connectivity index (χ0n) is 15.7. The predicted molar refractivity (Wildman–Crippen MR) is 109 cm³/mol. The molecular weight excluding hydrogens is 366 g/mol. The lowest BCUT2D eigenvalue weighted by Gasteiger charge is -2.14. The van der Waals surface area contributed by atoms with Crippen LogP contribution in [0.1, 0.15) is 34.6 Å². The number of nitrogens with zero attached hydrogens (tertiary/aromatic N) is 2. The van der Waals surface area contributed by atoms with E-state index in [9.17, 15) is 20.0 Å². The van der Waals surface area contributed by atoms with Crippen molar-refractivity contribution >= 4 is 18.0 Å². The van der Waals surface area contributed by atoms with Gasteiger partial charge in [0.1, 0.15) is 11.6 Å². The normalized spacial score (nSPS) is 12.1. The Kier molecular flexibility index (Phi) is 5.91. The molecule has 1 atom stereocenters. The Morgan fingerprint density at radius 3 is 2.55 bits per heavy atom. The summed E-state index contributed by atoms with van der Waals surface area (Å²) >= 11 is 0. The molecule has 0 aliphatic carbocycles. The average molecular weight is 385 g/mol. The minimum Gasteiger partial charge on any atom is -0.478 e. The van der Waals surface area contributed by atoms with E-state index in [4.69, 9.17) is 0 Å². The number of aromatic carboxylic acids is 1. The lowest BCUT2D eigenvalue weighted by Crippen LogP contribution is -2.27. The number of hydrogen-bond acceptors (Lipinski definition) is 3. The molecule has 2 aromatic carbocycles. The number of benzene rings is 2. The van der Waals surface area contributed by atoms with Crippen LogP contribution < -0.4 is 5.32 Å². The quantitative estimate of drug-likeness (QED) is 0.496. The van der Waals surface area contributed by atoms with Crippen LogP contribution in [0.25, 0.3) is 11.8 Å². The van der Waals surface area contributed by atoms with Gasteiger partial charge in [0, 0.05) is 17.6 Å². The highest BCUT2D eigenvalue weighted by Gasteiger charge is 2.15. The van der Waals surface area contributed by atoms with Gasteiger partial charge in [-0.05, 0) is 48.9 Å². The second-order valence-electron chi connectivity index (χ2n) is 6.43. The van der Waals surface area contributed by atoms with E-state index in [2.05, 4.69) is 5.32 Å². The first-order valence-electron chi connectivity index (χ1n) is 8.98. The third-order valence-electron chi connectivity index (χ3n) is 4.46. The molecule has 2 N–H and O–H groups in total. The Balaban J connectivity index is 1.86. The second-order valence-corrected chi connectivity index (χ2v) is 6.43. The average Bonchev–Trinajstić information content (AvgIpc) is 3.20. The zero-order valence-corrected chi connectivity index (χ0v) is 15.7. The van der Waals surface area contributed by atoms with Crippen molar-refractivity contribution in [2.75, 3.05) is 0 Å². The number of amides is 1. The fourth-order valence-electron chi connectivity index (χ4n) is 2.93. The monoisotopic (exact) mass is 385 g/mol. The minimum absolute atomic E-state index is 0.0397. The molecular formula is C23H19N3O3. The van der Waals surface area contributed by atoms with E-state index in [0.29, 0.717) is 11.4 Å². The molecule has 3 rings (SSSR count). The van der Waals surface area contributed by atoms with E-state index >= 15 is 0 Å². The minimum atomic E-state index is -1.02. The molecule has 0 bridgehead atoms. The van der Waals surface area contributed by atoms with Crippen molar-refractivity contribution in [2.45, 2.75) is 13.0 Å². The maximum absolute atomic E-state index is 12.6. The Morgan fingerprint density at radius 2 is 1.86 bits per heavy atom. The summed E-state index contributed by atoms with van der Waals surface area (Å²) in [7, 11) is 0. The van der Waals surface area contributed by atoms with Gasteiger partial charge in [0.05, 0.1) is 11.6 Å². The van der Waals surface area contributed by atoms with E-state index in [1.165, 1.54) is 18.2 Å². The van der Waals surface area contributed by atoms with Gasteiger partial charge >= 0.3 is 5.97 Å². The smallest absolute Gasteiger partial charge is 0.335 e. The first-order chi connectivity index (χ1) is 14.0. The first kappa shape index (κ1) is 19.6. The van der Waals surface area contributed by atoms with E-state index in [-0.39, 0.29) is 17.2 Å². The summed E-state index contributed by atoms with van der Waals surface area (Å²) in [5, 5.41) is 21.5. The molecule has 0 fully saturated rings. The van der Waals surface area contributed by atoms with E-state index < -0.39 is 11.9 Å². The maximum atomic E-state index is 12.6. The number of hydrogen-bond donors (Lipinski definition) is 2. The summed E-state index contributed by atoms with van der Waals surface area (Å²) in [5.74, 6) is -1.50. The van der Waals surface area contributed by atoms with Crippen molar-refractivity contribution in [1.82, 2.24) is 9.88 Å². The Hall–Kier alpha value is -4.11. The van der Waals surface area contributed by atoms with Gasteiger partial charge in [-0.15, -0.1) is 0 Å². The Labute approximate surface area is 168 Å². The van der Waals surface area contributed by atoms with Crippen molar-refractivity contribution in [3.63, 3.8) is 0 Å². The molecule has 0 aliphatic heterocycles. The van der Waals surface area contributed by atoms with E-state index in [1.807, 2.05) is 43.3 Å². The number of carbonyl (C=O) groups excluding carboxylic acids is 1. The largest absolute Gasteiger partial charge is 0.478 e. The standard InChI is InChI=1S/C23H19N3O3/c1-16(17-7-3-2-4-8-17)25-22(27)19(15-24)14-21-11-6-12-26(21)20-10-5-9-18(13-20)23(28)29/h2-14,16H,1H3,(H,25,27)(H,28,29)/b19-14-/t16-/m1/s1. The lowest BCUT2D eigenvalue weighted by atomic mass is 10.1. The van der Waals surface area contributed by atoms with Gasteiger partial charge in [-0.2, -0.15) is 5.26 Å². The first-order valence-corrected chi connectivity index (χ1v) is 8.98. The number of rotatable bonds is 6. The number of carboxylic acids is 1. The Bertz CT molecular complexity index is 1110. The summed E-state index contributed by atoms with van der Waals surface area (Å²) in [6, 6.07) is 21.1. The summed E-state index contributed by atoms with van der Waals surface area (Å²) in [4.78, 5) is 23.8. The van der Waals surface area contributed by atoms with Crippen molar-refractivity contribution in [2.24, 2.45) is 0 Å². The van der Waals surface area contributed by atoms with Gasteiger partial charge in [0.25, 0.3) is 5.91 Å². The summed E-state index contributed by atoms with van der Waals surface area (Å²) < 4.78 is 1.72. The van der Waals surface area contributed by atoms with Gasteiger partial charge in [-0.3, -0.25) is 4.79 Å². The topological polar surface area (TPSA) is 95.1 Å². The van der Waals surface area contributed by atoms with Crippen molar-refractivity contribution < 1.29 is 14.7 Å². The lowest BCUT2D eigenvalue weighted by molar-refractivity contribution is -0.117. The van der Waals surface area contributed by atoms with Crippen LogP contribution in [0.15, 0.2) is 78.5 Å². The van der Waals surface area contributed by atoms with Crippen LogP contribution in [-0.2, 0) is 4.79 Å². The Morgan fingerprint density at radius 1 is 1.10 bits per heavy atom. The number of nitriles is 1.